The molecule has 0 spiro atoms. The van der Waals surface area contributed by atoms with Gasteiger partial charge < -0.3 is 0 Å². The summed E-state index contributed by atoms with van der Waals surface area (Å²) in [6, 6.07) is 15.1. The lowest BCUT2D eigenvalue weighted by Crippen LogP contribution is -2.23. The van der Waals surface area contributed by atoms with Crippen LogP contribution < -0.4 is 5.56 Å². The number of aryl methyl sites for hydroxylation is 1. The molecule has 0 atom stereocenters. The number of aromatic nitrogens is 4. The van der Waals surface area contributed by atoms with E-state index in [1.54, 1.807) is 12.3 Å². The number of rotatable bonds is 4. The third-order valence-corrected chi connectivity index (χ3v) is 4.32. The van der Waals surface area contributed by atoms with Gasteiger partial charge in [0.25, 0.3) is 5.56 Å². The summed E-state index contributed by atoms with van der Waals surface area (Å²) in [4.78, 5) is 21.2. The third-order valence-electron chi connectivity index (χ3n) is 4.32. The van der Waals surface area contributed by atoms with Gasteiger partial charge in [-0.1, -0.05) is 12.1 Å². The normalized spacial score (nSPS) is 10.9. The van der Waals surface area contributed by atoms with Crippen LogP contribution in [0.25, 0.3) is 22.6 Å². The van der Waals surface area contributed by atoms with Gasteiger partial charge in [-0.15, -0.1) is 0 Å². The molecule has 1 aromatic carbocycles. The van der Waals surface area contributed by atoms with E-state index in [4.69, 9.17) is 0 Å². The minimum atomic E-state index is -0.709. The van der Waals surface area contributed by atoms with Gasteiger partial charge >= 0.3 is 0 Å². The minimum Gasteiger partial charge on any atom is -0.268 e. The highest BCUT2D eigenvalue weighted by Gasteiger charge is 2.09. The summed E-state index contributed by atoms with van der Waals surface area (Å²) >= 11 is 0. The van der Waals surface area contributed by atoms with Crippen LogP contribution in [-0.2, 0) is 6.54 Å². The van der Waals surface area contributed by atoms with Gasteiger partial charge in [-0.25, -0.2) is 18.4 Å². The van der Waals surface area contributed by atoms with Crippen LogP contribution in [0.5, 0.6) is 0 Å². The summed E-state index contributed by atoms with van der Waals surface area (Å²) in [6.45, 7) is 2.07. The predicted octanol–water partition coefficient (Wildman–Crippen LogP) is 4.00. The van der Waals surface area contributed by atoms with E-state index in [1.807, 2.05) is 31.2 Å². The van der Waals surface area contributed by atoms with Crippen molar-refractivity contribution in [2.45, 2.75) is 13.5 Å². The van der Waals surface area contributed by atoms with E-state index in [1.165, 1.54) is 28.9 Å². The van der Waals surface area contributed by atoms with Crippen LogP contribution in [0.15, 0.2) is 71.7 Å². The van der Waals surface area contributed by atoms with Crippen molar-refractivity contribution in [1.29, 1.82) is 0 Å². The van der Waals surface area contributed by atoms with Gasteiger partial charge in [0.2, 0.25) is 0 Å². The van der Waals surface area contributed by atoms with Gasteiger partial charge in [-0.3, -0.25) is 9.78 Å². The van der Waals surface area contributed by atoms with Crippen molar-refractivity contribution in [3.05, 3.63) is 100 Å². The maximum Gasteiger partial charge on any atom is 0.267 e. The van der Waals surface area contributed by atoms with Crippen LogP contribution in [0.3, 0.4) is 0 Å². The molecule has 7 heteroatoms. The number of hydrogen-bond donors (Lipinski definition) is 0. The molecule has 0 saturated carbocycles. The lowest BCUT2D eigenvalue weighted by atomic mass is 10.1. The van der Waals surface area contributed by atoms with Crippen molar-refractivity contribution >= 4 is 0 Å². The Balaban J connectivity index is 1.67. The van der Waals surface area contributed by atoms with Crippen LogP contribution in [0.2, 0.25) is 0 Å². The Morgan fingerprint density at radius 1 is 0.897 bits per heavy atom. The molecule has 29 heavy (non-hydrogen) atoms. The lowest BCUT2D eigenvalue weighted by molar-refractivity contribution is 0.583. The molecule has 0 aliphatic heterocycles. The summed E-state index contributed by atoms with van der Waals surface area (Å²) in [6.07, 6.45) is 1.76. The smallest absolute Gasteiger partial charge is 0.267 e. The number of benzene rings is 1. The van der Waals surface area contributed by atoms with Crippen LogP contribution in [0.1, 0.15) is 11.3 Å². The summed E-state index contributed by atoms with van der Waals surface area (Å²) in [5.74, 6) is -1.42. The molecule has 0 bridgehead atoms. The monoisotopic (exact) mass is 390 g/mol. The predicted molar refractivity (Wildman–Crippen MR) is 105 cm³/mol. The maximum absolute atomic E-state index is 13.5. The van der Waals surface area contributed by atoms with Gasteiger partial charge in [-0.2, -0.15) is 5.10 Å². The van der Waals surface area contributed by atoms with Crippen molar-refractivity contribution in [3.63, 3.8) is 0 Å². The zero-order valence-corrected chi connectivity index (χ0v) is 15.5. The Kier molecular flexibility index (Phi) is 4.95. The molecular formula is C22H16F2N4O. The van der Waals surface area contributed by atoms with E-state index in [0.717, 1.165) is 17.3 Å². The van der Waals surface area contributed by atoms with E-state index in [0.29, 0.717) is 17.1 Å². The zero-order chi connectivity index (χ0) is 20.4. The largest absolute Gasteiger partial charge is 0.268 e. The maximum atomic E-state index is 13.5. The van der Waals surface area contributed by atoms with Crippen LogP contribution in [-0.4, -0.2) is 19.7 Å². The Morgan fingerprint density at radius 3 is 2.38 bits per heavy atom. The quantitative estimate of drug-likeness (QED) is 0.528. The minimum absolute atomic E-state index is 0.115. The van der Waals surface area contributed by atoms with Gasteiger partial charge in [0.15, 0.2) is 0 Å². The average Bonchev–Trinajstić information content (AvgIpc) is 2.70. The SMILES string of the molecule is Cc1ccc(-c2cccc(Cn3nc(-c4cc(F)cc(F)c4)ccc3=O)n2)nc1. The number of pyridine rings is 2. The average molecular weight is 390 g/mol. The molecule has 4 aromatic rings. The second-order valence-electron chi connectivity index (χ2n) is 6.61. The molecule has 5 nitrogen and oxygen atoms in total. The van der Waals surface area contributed by atoms with Crippen molar-refractivity contribution in [3.8, 4) is 22.6 Å². The highest BCUT2D eigenvalue weighted by Crippen LogP contribution is 2.19. The fourth-order valence-corrected chi connectivity index (χ4v) is 2.90. The van der Waals surface area contributed by atoms with Gasteiger partial charge in [0, 0.05) is 23.9 Å². The second-order valence-corrected chi connectivity index (χ2v) is 6.61. The Labute approximate surface area is 165 Å². The summed E-state index contributed by atoms with van der Waals surface area (Å²) in [5.41, 5.74) is 3.27. The number of halogens is 2. The highest BCUT2D eigenvalue weighted by molar-refractivity contribution is 5.58. The molecule has 0 radical (unpaired) electrons. The molecule has 4 rings (SSSR count). The van der Waals surface area contributed by atoms with E-state index in [2.05, 4.69) is 15.1 Å². The lowest BCUT2D eigenvalue weighted by Gasteiger charge is -2.08. The topological polar surface area (TPSA) is 60.7 Å². The molecular weight excluding hydrogens is 374 g/mol. The van der Waals surface area contributed by atoms with Crippen molar-refractivity contribution in [2.75, 3.05) is 0 Å². The first-order chi connectivity index (χ1) is 14.0. The summed E-state index contributed by atoms with van der Waals surface area (Å²) < 4.78 is 28.3. The summed E-state index contributed by atoms with van der Waals surface area (Å²) in [5, 5.41) is 4.25. The molecule has 3 heterocycles. The molecule has 0 fully saturated rings. The first kappa shape index (κ1) is 18.6. The van der Waals surface area contributed by atoms with Crippen molar-refractivity contribution in [1.82, 2.24) is 19.7 Å². The molecule has 0 aliphatic carbocycles. The van der Waals surface area contributed by atoms with Gasteiger partial charge in [0.05, 0.1) is 29.3 Å². The first-order valence-corrected chi connectivity index (χ1v) is 8.91. The number of nitrogens with zero attached hydrogens (tertiary/aromatic N) is 4. The third kappa shape index (κ3) is 4.24. The Hall–Kier alpha value is -3.74. The van der Waals surface area contributed by atoms with Crippen LogP contribution >= 0.6 is 0 Å². The Bertz CT molecular complexity index is 1220. The van der Waals surface area contributed by atoms with Crippen LogP contribution in [0, 0.1) is 18.6 Å². The second kappa shape index (κ2) is 7.71. The molecule has 0 unspecified atom stereocenters. The molecule has 0 amide bonds. The van der Waals surface area contributed by atoms with Crippen LogP contribution in [0.4, 0.5) is 8.78 Å². The van der Waals surface area contributed by atoms with E-state index in [-0.39, 0.29) is 17.7 Å². The number of hydrogen-bond acceptors (Lipinski definition) is 4. The van der Waals surface area contributed by atoms with Gasteiger partial charge in [0.1, 0.15) is 11.6 Å². The fraction of sp³-hybridized carbons (Fsp3) is 0.0909. The fourth-order valence-electron chi connectivity index (χ4n) is 2.90. The molecule has 0 N–H and O–H groups in total. The molecule has 0 saturated heterocycles. The first-order valence-electron chi connectivity index (χ1n) is 8.91. The molecule has 0 aliphatic rings. The zero-order valence-electron chi connectivity index (χ0n) is 15.5. The Morgan fingerprint density at radius 2 is 1.66 bits per heavy atom. The van der Waals surface area contributed by atoms with E-state index >= 15 is 0 Å². The van der Waals surface area contributed by atoms with Gasteiger partial charge in [-0.05, 0) is 48.9 Å². The van der Waals surface area contributed by atoms with Crippen molar-refractivity contribution in [2.24, 2.45) is 0 Å². The molecule has 144 valence electrons. The highest BCUT2D eigenvalue weighted by atomic mass is 19.1. The van der Waals surface area contributed by atoms with Crippen molar-refractivity contribution < 1.29 is 8.78 Å². The van der Waals surface area contributed by atoms with E-state index in [9.17, 15) is 13.6 Å². The molecule has 3 aromatic heterocycles. The standard InChI is InChI=1S/C22H16F2N4O/c1-14-5-6-20(25-12-14)21-4-2-3-18(26-21)13-28-22(29)8-7-19(27-28)15-9-16(23)11-17(24)10-15/h2-12H,13H2,1H3. The van der Waals surface area contributed by atoms with E-state index < -0.39 is 11.6 Å². The summed E-state index contributed by atoms with van der Waals surface area (Å²) in [7, 11) is 0.